The van der Waals surface area contributed by atoms with Crippen LogP contribution in [0.3, 0.4) is 0 Å². The zero-order valence-electron chi connectivity index (χ0n) is 11.9. The molecule has 0 radical (unpaired) electrons. The molecule has 0 N–H and O–H groups in total. The van der Waals surface area contributed by atoms with Crippen molar-refractivity contribution in [2.24, 2.45) is 0 Å². The fourth-order valence-corrected chi connectivity index (χ4v) is 3.02. The molecule has 16 heavy (non-hydrogen) atoms. The highest BCUT2D eigenvalue weighted by Crippen LogP contribution is 2.29. The summed E-state index contributed by atoms with van der Waals surface area (Å²) in [5.74, 6) is 0. The Morgan fingerprint density at radius 2 is 1.75 bits per heavy atom. The van der Waals surface area contributed by atoms with Crippen LogP contribution in [-0.2, 0) is 0 Å². The largest absolute Gasteiger partial charge is 0.306 e. The van der Waals surface area contributed by atoms with Crippen molar-refractivity contribution >= 4 is 0 Å². The number of hydrogen-bond donors (Lipinski definition) is 0. The van der Waals surface area contributed by atoms with Crippen LogP contribution in [-0.4, -0.2) is 48.6 Å². The predicted octanol–water partition coefficient (Wildman–Crippen LogP) is 2.98. The van der Waals surface area contributed by atoms with Crippen molar-refractivity contribution in [1.82, 2.24) is 9.80 Å². The first-order chi connectivity index (χ1) is 7.53. The summed E-state index contributed by atoms with van der Waals surface area (Å²) in [6.45, 7) is 9.67. The molecule has 0 aromatic heterocycles. The second-order valence-electron chi connectivity index (χ2n) is 5.78. The van der Waals surface area contributed by atoms with Crippen LogP contribution in [0.2, 0.25) is 0 Å². The van der Waals surface area contributed by atoms with E-state index in [1.807, 2.05) is 0 Å². The third-order valence-electron chi connectivity index (χ3n) is 4.51. The number of likely N-dealkylation sites (tertiary alicyclic amines) is 1. The van der Waals surface area contributed by atoms with E-state index in [0.29, 0.717) is 5.54 Å². The van der Waals surface area contributed by atoms with E-state index in [0.717, 1.165) is 6.04 Å². The Kier molecular flexibility index (Phi) is 5.26. The monoisotopic (exact) mass is 226 g/mol. The van der Waals surface area contributed by atoms with E-state index in [1.54, 1.807) is 0 Å². The maximum Gasteiger partial charge on any atom is 0.0178 e. The first kappa shape index (κ1) is 14.0. The highest BCUT2D eigenvalue weighted by Gasteiger charge is 2.32. The normalized spacial score (nSPS) is 23.6. The van der Waals surface area contributed by atoms with Gasteiger partial charge in [-0.05, 0) is 46.7 Å². The van der Waals surface area contributed by atoms with E-state index in [-0.39, 0.29) is 0 Å². The Bertz CT molecular complexity index is 195. The predicted molar refractivity (Wildman–Crippen MR) is 71.9 cm³/mol. The van der Waals surface area contributed by atoms with Crippen LogP contribution >= 0.6 is 0 Å². The van der Waals surface area contributed by atoms with Gasteiger partial charge in [0.1, 0.15) is 0 Å². The third kappa shape index (κ3) is 3.21. The molecular weight excluding hydrogens is 196 g/mol. The lowest BCUT2D eigenvalue weighted by Crippen LogP contribution is -2.52. The molecule has 1 saturated heterocycles. The number of hydrogen-bond acceptors (Lipinski definition) is 2. The molecule has 1 atom stereocenters. The van der Waals surface area contributed by atoms with Crippen molar-refractivity contribution in [3.63, 3.8) is 0 Å². The Hall–Kier alpha value is -0.0800. The summed E-state index contributed by atoms with van der Waals surface area (Å²) in [5.41, 5.74) is 0.450. The van der Waals surface area contributed by atoms with Crippen LogP contribution in [0.25, 0.3) is 0 Å². The minimum atomic E-state index is 0.450. The maximum absolute atomic E-state index is 2.73. The molecule has 1 aliphatic rings. The fourth-order valence-electron chi connectivity index (χ4n) is 3.02. The van der Waals surface area contributed by atoms with Gasteiger partial charge in [0, 0.05) is 24.7 Å². The SMILES string of the molecule is CCCC(C)(CC)N1CCC(N(C)C)CC1. The Labute approximate surface area is 102 Å². The second kappa shape index (κ2) is 6.02. The lowest BCUT2D eigenvalue weighted by atomic mass is 9.88. The van der Waals surface area contributed by atoms with E-state index in [9.17, 15) is 0 Å². The highest BCUT2D eigenvalue weighted by atomic mass is 15.2. The summed E-state index contributed by atoms with van der Waals surface area (Å²) in [4.78, 5) is 5.12. The van der Waals surface area contributed by atoms with Gasteiger partial charge in [0.05, 0.1) is 0 Å². The van der Waals surface area contributed by atoms with Gasteiger partial charge in [-0.2, -0.15) is 0 Å². The second-order valence-corrected chi connectivity index (χ2v) is 5.78. The summed E-state index contributed by atoms with van der Waals surface area (Å²) < 4.78 is 0. The van der Waals surface area contributed by atoms with Crippen LogP contribution in [0.15, 0.2) is 0 Å². The summed E-state index contributed by atoms with van der Waals surface area (Å²) >= 11 is 0. The topological polar surface area (TPSA) is 6.48 Å². The highest BCUT2D eigenvalue weighted by molar-refractivity contribution is 4.89. The Morgan fingerprint density at radius 1 is 1.19 bits per heavy atom. The molecule has 2 nitrogen and oxygen atoms in total. The lowest BCUT2D eigenvalue weighted by Gasteiger charge is -2.46. The molecule has 0 bridgehead atoms. The van der Waals surface area contributed by atoms with Crippen LogP contribution < -0.4 is 0 Å². The van der Waals surface area contributed by atoms with E-state index in [2.05, 4.69) is 44.7 Å². The van der Waals surface area contributed by atoms with Crippen LogP contribution in [0, 0.1) is 0 Å². The summed E-state index contributed by atoms with van der Waals surface area (Å²) in [5, 5.41) is 0. The standard InChI is InChI=1S/C14H30N2/c1-6-10-14(3,7-2)16-11-8-13(9-12-16)15(4)5/h13H,6-12H2,1-5H3. The molecule has 1 fully saturated rings. The fraction of sp³-hybridized carbons (Fsp3) is 1.00. The van der Waals surface area contributed by atoms with E-state index in [4.69, 9.17) is 0 Å². The van der Waals surface area contributed by atoms with E-state index in [1.165, 1.54) is 45.2 Å². The summed E-state index contributed by atoms with van der Waals surface area (Å²) in [6, 6.07) is 0.805. The molecule has 2 heteroatoms. The minimum Gasteiger partial charge on any atom is -0.306 e. The van der Waals surface area contributed by atoms with Gasteiger partial charge in [0.25, 0.3) is 0 Å². The summed E-state index contributed by atoms with van der Waals surface area (Å²) in [6.07, 6.45) is 6.61. The molecule has 1 unspecified atom stereocenters. The van der Waals surface area contributed by atoms with Gasteiger partial charge in [-0.15, -0.1) is 0 Å². The molecular formula is C14H30N2. The Morgan fingerprint density at radius 3 is 2.12 bits per heavy atom. The van der Waals surface area contributed by atoms with Crippen LogP contribution in [0.4, 0.5) is 0 Å². The van der Waals surface area contributed by atoms with Crippen molar-refractivity contribution in [2.75, 3.05) is 27.2 Å². The smallest absolute Gasteiger partial charge is 0.0178 e. The average molecular weight is 226 g/mol. The molecule has 0 spiro atoms. The minimum absolute atomic E-state index is 0.450. The van der Waals surface area contributed by atoms with Crippen molar-refractivity contribution in [1.29, 1.82) is 0 Å². The van der Waals surface area contributed by atoms with Crippen LogP contribution in [0.1, 0.15) is 52.9 Å². The molecule has 1 heterocycles. The third-order valence-corrected chi connectivity index (χ3v) is 4.51. The number of rotatable bonds is 5. The molecule has 1 aliphatic heterocycles. The van der Waals surface area contributed by atoms with Gasteiger partial charge < -0.3 is 4.90 Å². The van der Waals surface area contributed by atoms with Gasteiger partial charge in [-0.25, -0.2) is 0 Å². The first-order valence-corrected chi connectivity index (χ1v) is 6.95. The molecule has 0 aromatic rings. The van der Waals surface area contributed by atoms with Crippen molar-refractivity contribution in [3.05, 3.63) is 0 Å². The van der Waals surface area contributed by atoms with Gasteiger partial charge >= 0.3 is 0 Å². The van der Waals surface area contributed by atoms with Crippen molar-refractivity contribution in [3.8, 4) is 0 Å². The summed E-state index contributed by atoms with van der Waals surface area (Å²) in [7, 11) is 4.43. The number of piperidine rings is 1. The zero-order valence-corrected chi connectivity index (χ0v) is 11.9. The van der Waals surface area contributed by atoms with Crippen LogP contribution in [0.5, 0.6) is 0 Å². The molecule has 0 amide bonds. The molecule has 0 aliphatic carbocycles. The van der Waals surface area contributed by atoms with Gasteiger partial charge in [0.15, 0.2) is 0 Å². The maximum atomic E-state index is 2.73. The average Bonchev–Trinajstić information content (AvgIpc) is 2.29. The van der Waals surface area contributed by atoms with E-state index >= 15 is 0 Å². The van der Waals surface area contributed by atoms with Gasteiger partial charge in [0.2, 0.25) is 0 Å². The van der Waals surface area contributed by atoms with Gasteiger partial charge in [-0.1, -0.05) is 20.3 Å². The Balaban J connectivity index is 2.51. The van der Waals surface area contributed by atoms with E-state index < -0.39 is 0 Å². The first-order valence-electron chi connectivity index (χ1n) is 6.95. The van der Waals surface area contributed by atoms with Gasteiger partial charge in [-0.3, -0.25) is 4.90 Å². The number of nitrogens with zero attached hydrogens (tertiary/aromatic N) is 2. The molecule has 0 saturated carbocycles. The molecule has 96 valence electrons. The molecule has 0 aromatic carbocycles. The lowest BCUT2D eigenvalue weighted by molar-refractivity contribution is 0.0422. The quantitative estimate of drug-likeness (QED) is 0.711. The van der Waals surface area contributed by atoms with Crippen molar-refractivity contribution in [2.45, 2.75) is 64.5 Å². The molecule has 1 rings (SSSR count). The zero-order chi connectivity index (χ0) is 12.2. The van der Waals surface area contributed by atoms with Crippen molar-refractivity contribution < 1.29 is 0 Å².